The fourth-order valence-electron chi connectivity index (χ4n) is 2.07. The summed E-state index contributed by atoms with van der Waals surface area (Å²) in [5.74, 6) is 0. The summed E-state index contributed by atoms with van der Waals surface area (Å²) in [7, 11) is 1.87. The van der Waals surface area contributed by atoms with E-state index in [-0.39, 0.29) is 6.61 Å². The number of nitrogens with zero attached hydrogens (tertiary/aromatic N) is 2. The molecule has 90 valence electrons. The molecule has 0 aliphatic heterocycles. The molecule has 1 heterocycles. The average Bonchev–Trinajstić information content (AvgIpc) is 2.70. The van der Waals surface area contributed by atoms with Gasteiger partial charge in [-0.25, -0.2) is 0 Å². The van der Waals surface area contributed by atoms with Gasteiger partial charge in [0.15, 0.2) is 0 Å². The molecule has 2 rings (SSSR count). The Morgan fingerprint density at radius 2 is 2.18 bits per heavy atom. The Morgan fingerprint density at radius 1 is 1.41 bits per heavy atom. The lowest BCUT2D eigenvalue weighted by Crippen LogP contribution is -2.04. The molecule has 4 heteroatoms. The molecular formula is C13H17N3O. The van der Waals surface area contributed by atoms with Crippen molar-refractivity contribution in [3.05, 3.63) is 41.1 Å². The quantitative estimate of drug-likeness (QED) is 0.838. The van der Waals surface area contributed by atoms with Crippen molar-refractivity contribution in [3.63, 3.8) is 0 Å². The highest BCUT2D eigenvalue weighted by atomic mass is 16.3. The summed E-state index contributed by atoms with van der Waals surface area (Å²) in [5.41, 5.74) is 10.8. The van der Waals surface area contributed by atoms with Gasteiger partial charge in [0, 0.05) is 19.2 Å². The van der Waals surface area contributed by atoms with Gasteiger partial charge in [0.2, 0.25) is 0 Å². The molecule has 0 aliphatic rings. The van der Waals surface area contributed by atoms with Crippen LogP contribution in [0, 0.1) is 6.92 Å². The van der Waals surface area contributed by atoms with E-state index in [9.17, 15) is 0 Å². The third kappa shape index (κ3) is 2.09. The summed E-state index contributed by atoms with van der Waals surface area (Å²) >= 11 is 0. The monoisotopic (exact) mass is 231 g/mol. The van der Waals surface area contributed by atoms with Crippen molar-refractivity contribution >= 4 is 0 Å². The SMILES string of the molecule is Cc1cccc(-c2cc(CO)nn2C)c1CN. The van der Waals surface area contributed by atoms with E-state index in [0.717, 1.165) is 16.8 Å². The van der Waals surface area contributed by atoms with Crippen LogP contribution in [-0.4, -0.2) is 14.9 Å². The first-order valence-corrected chi connectivity index (χ1v) is 5.60. The van der Waals surface area contributed by atoms with Crippen molar-refractivity contribution in [2.75, 3.05) is 0 Å². The zero-order chi connectivity index (χ0) is 12.4. The van der Waals surface area contributed by atoms with Gasteiger partial charge in [-0.1, -0.05) is 18.2 Å². The van der Waals surface area contributed by atoms with E-state index in [1.165, 1.54) is 5.56 Å². The zero-order valence-electron chi connectivity index (χ0n) is 10.1. The molecule has 0 aliphatic carbocycles. The van der Waals surface area contributed by atoms with Gasteiger partial charge in [0.25, 0.3) is 0 Å². The molecule has 0 bridgehead atoms. The fourth-order valence-corrected chi connectivity index (χ4v) is 2.07. The van der Waals surface area contributed by atoms with E-state index in [2.05, 4.69) is 18.1 Å². The molecule has 0 saturated carbocycles. The minimum atomic E-state index is -0.0440. The first kappa shape index (κ1) is 11.8. The maximum absolute atomic E-state index is 9.10. The molecule has 0 amide bonds. The molecule has 0 spiro atoms. The zero-order valence-corrected chi connectivity index (χ0v) is 10.1. The number of aliphatic hydroxyl groups excluding tert-OH is 1. The molecule has 17 heavy (non-hydrogen) atoms. The number of aromatic nitrogens is 2. The minimum Gasteiger partial charge on any atom is -0.390 e. The lowest BCUT2D eigenvalue weighted by Gasteiger charge is -2.10. The summed E-state index contributed by atoms with van der Waals surface area (Å²) in [6.07, 6.45) is 0. The van der Waals surface area contributed by atoms with Crippen LogP contribution >= 0.6 is 0 Å². The van der Waals surface area contributed by atoms with E-state index in [0.29, 0.717) is 12.2 Å². The normalized spacial score (nSPS) is 10.8. The number of hydrogen-bond acceptors (Lipinski definition) is 3. The Hall–Kier alpha value is -1.65. The highest BCUT2D eigenvalue weighted by Crippen LogP contribution is 2.26. The van der Waals surface area contributed by atoms with Gasteiger partial charge in [0.05, 0.1) is 18.0 Å². The van der Waals surface area contributed by atoms with Gasteiger partial charge in [-0.2, -0.15) is 5.10 Å². The number of rotatable bonds is 3. The van der Waals surface area contributed by atoms with Crippen LogP contribution in [0.3, 0.4) is 0 Å². The van der Waals surface area contributed by atoms with Crippen molar-refractivity contribution in [1.29, 1.82) is 0 Å². The van der Waals surface area contributed by atoms with Gasteiger partial charge < -0.3 is 10.8 Å². The van der Waals surface area contributed by atoms with Gasteiger partial charge in [0.1, 0.15) is 0 Å². The third-order valence-corrected chi connectivity index (χ3v) is 2.98. The number of aryl methyl sites for hydroxylation is 2. The van der Waals surface area contributed by atoms with Crippen LogP contribution in [0.5, 0.6) is 0 Å². The first-order chi connectivity index (χ1) is 8.17. The van der Waals surface area contributed by atoms with Gasteiger partial charge in [-0.05, 0) is 24.1 Å². The number of benzene rings is 1. The van der Waals surface area contributed by atoms with Crippen LogP contribution in [0.1, 0.15) is 16.8 Å². The molecule has 0 fully saturated rings. The second-order valence-corrected chi connectivity index (χ2v) is 4.11. The van der Waals surface area contributed by atoms with Crippen LogP contribution < -0.4 is 5.73 Å². The smallest absolute Gasteiger partial charge is 0.0885 e. The summed E-state index contributed by atoms with van der Waals surface area (Å²) in [4.78, 5) is 0. The molecule has 1 aromatic carbocycles. The lowest BCUT2D eigenvalue weighted by molar-refractivity contribution is 0.275. The second-order valence-electron chi connectivity index (χ2n) is 4.11. The van der Waals surface area contributed by atoms with E-state index < -0.39 is 0 Å². The third-order valence-electron chi connectivity index (χ3n) is 2.98. The lowest BCUT2D eigenvalue weighted by atomic mass is 9.99. The van der Waals surface area contributed by atoms with E-state index in [1.807, 2.05) is 25.2 Å². The largest absolute Gasteiger partial charge is 0.390 e. The second kappa shape index (κ2) is 4.69. The first-order valence-electron chi connectivity index (χ1n) is 5.60. The van der Waals surface area contributed by atoms with E-state index in [4.69, 9.17) is 10.8 Å². The summed E-state index contributed by atoms with van der Waals surface area (Å²) < 4.78 is 1.78. The Balaban J connectivity index is 2.59. The van der Waals surface area contributed by atoms with Gasteiger partial charge in [-0.3, -0.25) is 4.68 Å². The van der Waals surface area contributed by atoms with Crippen molar-refractivity contribution in [2.45, 2.75) is 20.1 Å². The van der Waals surface area contributed by atoms with Crippen LogP contribution in [0.25, 0.3) is 11.3 Å². The van der Waals surface area contributed by atoms with Crippen molar-refractivity contribution in [2.24, 2.45) is 12.8 Å². The van der Waals surface area contributed by atoms with Crippen molar-refractivity contribution in [1.82, 2.24) is 9.78 Å². The van der Waals surface area contributed by atoms with Gasteiger partial charge in [-0.15, -0.1) is 0 Å². The Bertz CT molecular complexity index is 531. The highest BCUT2D eigenvalue weighted by molar-refractivity contribution is 5.66. The molecule has 2 aromatic rings. The minimum absolute atomic E-state index is 0.0440. The Morgan fingerprint density at radius 3 is 2.76 bits per heavy atom. The molecule has 4 nitrogen and oxygen atoms in total. The van der Waals surface area contributed by atoms with Crippen LogP contribution in [0.15, 0.2) is 24.3 Å². The fraction of sp³-hybridized carbons (Fsp3) is 0.308. The predicted molar refractivity (Wildman–Crippen MR) is 67.2 cm³/mol. The number of hydrogen-bond donors (Lipinski definition) is 2. The van der Waals surface area contributed by atoms with Crippen LogP contribution in [0.4, 0.5) is 0 Å². The molecule has 0 saturated heterocycles. The van der Waals surface area contributed by atoms with Gasteiger partial charge >= 0.3 is 0 Å². The summed E-state index contributed by atoms with van der Waals surface area (Å²) in [6.45, 7) is 2.51. The summed E-state index contributed by atoms with van der Waals surface area (Å²) in [6, 6.07) is 7.99. The summed E-state index contributed by atoms with van der Waals surface area (Å²) in [5, 5.41) is 13.3. The topological polar surface area (TPSA) is 64.1 Å². The molecule has 0 atom stereocenters. The number of aliphatic hydroxyl groups is 1. The van der Waals surface area contributed by atoms with Crippen LogP contribution in [0.2, 0.25) is 0 Å². The van der Waals surface area contributed by atoms with Crippen molar-refractivity contribution < 1.29 is 5.11 Å². The standard InChI is InChI=1S/C13H17N3O/c1-9-4-3-5-11(12(9)7-14)13-6-10(8-17)15-16(13)2/h3-6,17H,7-8,14H2,1-2H3. The van der Waals surface area contributed by atoms with Crippen LogP contribution in [-0.2, 0) is 20.2 Å². The van der Waals surface area contributed by atoms with E-state index in [1.54, 1.807) is 4.68 Å². The molecule has 3 N–H and O–H groups in total. The molecule has 1 aromatic heterocycles. The molecule has 0 radical (unpaired) electrons. The number of nitrogens with two attached hydrogens (primary N) is 1. The molecule has 0 unspecified atom stereocenters. The average molecular weight is 231 g/mol. The Labute approximate surface area is 101 Å². The van der Waals surface area contributed by atoms with Crippen molar-refractivity contribution in [3.8, 4) is 11.3 Å². The highest BCUT2D eigenvalue weighted by Gasteiger charge is 2.11. The molecular weight excluding hydrogens is 214 g/mol. The maximum atomic E-state index is 9.10. The maximum Gasteiger partial charge on any atom is 0.0885 e. The van der Waals surface area contributed by atoms with E-state index >= 15 is 0 Å². The Kier molecular flexibility index (Phi) is 3.26. The predicted octanol–water partition coefficient (Wildman–Crippen LogP) is 1.35.